The van der Waals surface area contributed by atoms with E-state index >= 15 is 8.78 Å². The Balaban J connectivity index is 1.43. The van der Waals surface area contributed by atoms with Crippen molar-refractivity contribution in [3.8, 4) is 23.0 Å². The van der Waals surface area contributed by atoms with Gasteiger partial charge in [0.2, 0.25) is 15.9 Å². The van der Waals surface area contributed by atoms with Crippen LogP contribution in [0.15, 0.2) is 48.6 Å². The first-order valence-electron chi connectivity index (χ1n) is 17.8. The van der Waals surface area contributed by atoms with Crippen LogP contribution in [0.5, 0.6) is 0 Å². The zero-order valence-electron chi connectivity index (χ0n) is 31.9. The molecule has 3 aromatic heterocycles. The number of rotatable bonds is 11. The molecular formula is C39H35ClF6N8O4S. The van der Waals surface area contributed by atoms with Crippen LogP contribution in [-0.4, -0.2) is 62.9 Å². The summed E-state index contributed by atoms with van der Waals surface area (Å²) in [5.74, 6) is -3.63. The molecule has 1 saturated carbocycles. The van der Waals surface area contributed by atoms with Crippen LogP contribution in [0.25, 0.3) is 22.0 Å². The van der Waals surface area contributed by atoms with Gasteiger partial charge in [-0.1, -0.05) is 35.7 Å². The summed E-state index contributed by atoms with van der Waals surface area (Å²) >= 11 is 6.62. The smallest absolute Gasteiger partial charge is 0.297 e. The summed E-state index contributed by atoms with van der Waals surface area (Å²) < 4.78 is 118. The van der Waals surface area contributed by atoms with Gasteiger partial charge >= 0.3 is 0 Å². The van der Waals surface area contributed by atoms with Crippen LogP contribution in [0.4, 0.5) is 37.8 Å². The van der Waals surface area contributed by atoms with Crippen molar-refractivity contribution in [2.24, 2.45) is 13.0 Å². The highest BCUT2D eigenvalue weighted by Crippen LogP contribution is 2.71. The lowest BCUT2D eigenvalue weighted by molar-refractivity contribution is -0.122. The zero-order chi connectivity index (χ0) is 43.1. The van der Waals surface area contributed by atoms with Crippen LogP contribution < -0.4 is 15.4 Å². The van der Waals surface area contributed by atoms with Gasteiger partial charge in [0.25, 0.3) is 12.3 Å². The number of carbonyl (C=O) groups is 1. The van der Waals surface area contributed by atoms with Gasteiger partial charge in [-0.3, -0.25) is 18.9 Å². The van der Waals surface area contributed by atoms with Gasteiger partial charge in [-0.25, -0.2) is 31.0 Å². The molecule has 0 radical (unpaired) electrons. The summed E-state index contributed by atoms with van der Waals surface area (Å²) in [6.07, 6.45) is -2.68. The number of aromatic nitrogens is 5. The average molecular weight is 861 g/mol. The van der Waals surface area contributed by atoms with Crippen molar-refractivity contribution in [2.45, 2.75) is 56.7 Å². The van der Waals surface area contributed by atoms with Crippen LogP contribution in [0, 0.1) is 29.4 Å². The molecular weight excluding hydrogens is 826 g/mol. The number of fused-ring (bicyclic) bond motifs is 4. The number of nitrogens with one attached hydrogen (secondary N) is 3. The Morgan fingerprint density at radius 3 is 2.39 bits per heavy atom. The largest absolute Gasteiger partial charge is 0.386 e. The predicted octanol–water partition coefficient (Wildman–Crippen LogP) is 6.71. The number of hydrogen-bond acceptors (Lipinski definition) is 8. The second-order valence-corrected chi connectivity index (χ2v) is 17.1. The molecule has 2 aliphatic rings. The highest BCUT2D eigenvalue weighted by atomic mass is 35.5. The Morgan fingerprint density at radius 2 is 1.78 bits per heavy atom. The van der Waals surface area contributed by atoms with Crippen molar-refractivity contribution in [1.82, 2.24) is 29.9 Å². The highest BCUT2D eigenvalue weighted by molar-refractivity contribution is 7.92. The molecule has 12 nitrogen and oxygen atoms in total. The zero-order valence-corrected chi connectivity index (χ0v) is 33.4. The summed E-state index contributed by atoms with van der Waals surface area (Å²) in [6.45, 7) is 5.49. The number of alkyl halides is 4. The normalized spacial score (nSPS) is 17.4. The fourth-order valence-corrected chi connectivity index (χ4v) is 8.33. The molecule has 0 unspecified atom stereocenters. The molecule has 20 heteroatoms. The maximum Gasteiger partial charge on any atom is 0.297 e. The summed E-state index contributed by atoms with van der Waals surface area (Å²) in [7, 11) is -0.776. The van der Waals surface area contributed by atoms with E-state index in [4.69, 9.17) is 16.6 Å². The van der Waals surface area contributed by atoms with E-state index in [1.807, 2.05) is 0 Å². The van der Waals surface area contributed by atoms with E-state index in [2.05, 4.69) is 44.0 Å². The number of pyridine rings is 1. The minimum atomic E-state index is -3.86. The predicted molar refractivity (Wildman–Crippen MR) is 208 cm³/mol. The maximum absolute atomic E-state index is 15.6. The second-order valence-electron chi connectivity index (χ2n) is 14.9. The minimum Gasteiger partial charge on any atom is -0.386 e. The first kappa shape index (κ1) is 41.6. The van der Waals surface area contributed by atoms with Gasteiger partial charge in [-0.05, 0) is 56.0 Å². The molecule has 3 heterocycles. The van der Waals surface area contributed by atoms with Crippen molar-refractivity contribution in [1.29, 1.82) is 0 Å². The number of sulfonamides is 1. The molecule has 0 spiro atoms. The number of aliphatic hydroxyl groups is 1. The van der Waals surface area contributed by atoms with Crippen LogP contribution in [-0.2, 0) is 40.8 Å². The van der Waals surface area contributed by atoms with Gasteiger partial charge in [0, 0.05) is 42.8 Å². The van der Waals surface area contributed by atoms with E-state index in [0.29, 0.717) is 22.0 Å². The van der Waals surface area contributed by atoms with Gasteiger partial charge in [-0.2, -0.15) is 19.0 Å². The quantitative estimate of drug-likeness (QED) is 0.0649. The van der Waals surface area contributed by atoms with Crippen LogP contribution in [0.3, 0.4) is 0 Å². The third kappa shape index (κ3) is 7.83. The monoisotopic (exact) mass is 860 g/mol. The van der Waals surface area contributed by atoms with Crippen molar-refractivity contribution >= 4 is 49.9 Å². The minimum absolute atomic E-state index is 0.00801. The Hall–Kier alpha value is -5.58. The van der Waals surface area contributed by atoms with E-state index in [0.717, 1.165) is 18.4 Å². The van der Waals surface area contributed by atoms with E-state index in [9.17, 15) is 35.9 Å². The summed E-state index contributed by atoms with van der Waals surface area (Å²) in [4.78, 5) is 18.9. The third-order valence-corrected chi connectivity index (χ3v) is 10.8. The second kappa shape index (κ2) is 14.6. The lowest BCUT2D eigenvalue weighted by Crippen LogP contribution is -2.35. The molecule has 0 saturated heterocycles. The Bertz CT molecular complexity index is 2750. The van der Waals surface area contributed by atoms with Gasteiger partial charge in [0.05, 0.1) is 45.5 Å². The number of amides is 1. The molecule has 2 aliphatic carbocycles. The van der Waals surface area contributed by atoms with E-state index < -0.39 is 81.3 Å². The maximum atomic E-state index is 15.6. The molecule has 0 aliphatic heterocycles. The van der Waals surface area contributed by atoms with Crippen LogP contribution >= 0.6 is 11.6 Å². The number of benzene rings is 2. The first-order valence-corrected chi connectivity index (χ1v) is 20.1. The van der Waals surface area contributed by atoms with Crippen molar-refractivity contribution in [3.63, 3.8) is 0 Å². The van der Waals surface area contributed by atoms with E-state index in [1.54, 1.807) is 19.2 Å². The molecule has 0 bridgehead atoms. The lowest BCUT2D eigenvalue weighted by atomic mass is 9.93. The highest BCUT2D eigenvalue weighted by Gasteiger charge is 2.70. The first-order chi connectivity index (χ1) is 27.5. The molecule has 3 atom stereocenters. The molecule has 2 aromatic carbocycles. The third-order valence-electron chi connectivity index (χ3n) is 9.90. The molecule has 4 N–H and O–H groups in total. The number of nitrogens with zero attached hydrogens (tertiary/aromatic N) is 5. The van der Waals surface area contributed by atoms with Crippen molar-refractivity contribution in [2.75, 3.05) is 23.3 Å². The number of aryl methyl sites for hydroxylation is 1. The van der Waals surface area contributed by atoms with Crippen molar-refractivity contribution in [3.05, 3.63) is 99.1 Å². The number of anilines is 2. The van der Waals surface area contributed by atoms with Gasteiger partial charge in [0.15, 0.2) is 5.82 Å². The number of carbonyl (C=O) groups excluding carboxylic acids is 1. The molecule has 1 fully saturated rings. The van der Waals surface area contributed by atoms with Gasteiger partial charge in [0.1, 0.15) is 40.9 Å². The van der Waals surface area contributed by atoms with Crippen molar-refractivity contribution < 1.29 is 44.7 Å². The SMILES string of the molecule is C=C1[C@@H]2c3c(C(F)F)nn(CC(=O)N[C@@H](Cc4cc(F)cc(F)c4)c4nc(C#CC(C)(C)O)c(NC)cc4-c4ccc(Cl)c5c(NS(C)(=O)=O)nn(C)c45)c3C(F)(F)[C@H]12. The topological polar surface area (TPSA) is 156 Å². The summed E-state index contributed by atoms with van der Waals surface area (Å²) in [5.41, 5.74) is -2.32. The Morgan fingerprint density at radius 1 is 1.10 bits per heavy atom. The fourth-order valence-electron chi connectivity index (χ4n) is 7.59. The Kier molecular flexibility index (Phi) is 10.3. The molecule has 1 amide bonds. The summed E-state index contributed by atoms with van der Waals surface area (Å²) in [5, 5.41) is 24.5. The average Bonchev–Trinajstić information content (AvgIpc) is 3.34. The lowest BCUT2D eigenvalue weighted by Gasteiger charge is -2.24. The molecule has 7 rings (SSSR count). The Labute approximate surface area is 338 Å². The molecule has 59 heavy (non-hydrogen) atoms. The molecule has 310 valence electrons. The van der Waals surface area contributed by atoms with Gasteiger partial charge in [-0.15, -0.1) is 0 Å². The van der Waals surface area contributed by atoms with Crippen LogP contribution in [0.1, 0.15) is 66.1 Å². The molecule has 5 aromatic rings. The van der Waals surface area contributed by atoms with E-state index in [-0.39, 0.29) is 61.8 Å². The number of hydrogen-bond donors (Lipinski definition) is 4. The van der Waals surface area contributed by atoms with Crippen LogP contribution in [0.2, 0.25) is 5.02 Å². The summed E-state index contributed by atoms with van der Waals surface area (Å²) in [6, 6.07) is 5.91. The number of allylic oxidation sites excluding steroid dienone is 1. The fraction of sp³-hybridized carbons (Fsp3) is 0.333. The number of halogens is 7. The van der Waals surface area contributed by atoms with E-state index in [1.165, 1.54) is 31.6 Å². The van der Waals surface area contributed by atoms with Gasteiger partial charge < -0.3 is 15.7 Å². The standard InChI is InChI=1S/C39H35ClF6N8O4S/c1-17-28-30-33(36(43)44)50-54(35(30)39(45,46)31(17)28)16-27(55)48-26(13-18-11-19(41)14-20(42)12-18)32-22(15-25(47-4)24(49-32)9-10-38(2,3)56)21-7-8-23(40)29-34(21)53(5)51-37(29)52-59(6,57)58/h7-8,11-12,14-15,26,28,31,36,47,56H,1,13,16H2,2-6H3,(H,48,55)(H,51,52)/t26-,28+,31+/m0/s1.